The Morgan fingerprint density at radius 3 is 1.65 bits per heavy atom. The average molecular weight is 361 g/mol. The molecular formula is C23H40N2O. The van der Waals surface area contributed by atoms with Crippen LogP contribution in [0.3, 0.4) is 0 Å². The Labute approximate surface area is 161 Å². The second-order valence-corrected chi connectivity index (χ2v) is 7.34. The summed E-state index contributed by atoms with van der Waals surface area (Å²) in [6, 6.07) is 9.47. The van der Waals surface area contributed by atoms with E-state index in [0.29, 0.717) is 0 Å². The van der Waals surface area contributed by atoms with Crippen LogP contribution in [0.15, 0.2) is 30.3 Å². The van der Waals surface area contributed by atoms with E-state index in [-0.39, 0.29) is 6.03 Å². The molecule has 1 rings (SSSR count). The third-order valence-corrected chi connectivity index (χ3v) is 4.85. The van der Waals surface area contributed by atoms with Gasteiger partial charge in [0, 0.05) is 12.2 Å². The smallest absolute Gasteiger partial charge is 0.319 e. The molecule has 26 heavy (non-hydrogen) atoms. The highest BCUT2D eigenvalue weighted by Gasteiger charge is 2.00. The molecule has 0 aliphatic carbocycles. The van der Waals surface area contributed by atoms with Gasteiger partial charge in [-0.3, -0.25) is 0 Å². The maximum atomic E-state index is 11.7. The Kier molecular flexibility index (Phi) is 14.7. The number of para-hydroxylation sites is 1. The van der Waals surface area contributed by atoms with Crippen molar-refractivity contribution in [3.05, 3.63) is 30.3 Å². The standard InChI is InChI=1S/C23H40N2O/c1-2-3-4-5-6-7-8-9-10-11-12-13-14-18-21-24-23(26)25-22-19-16-15-17-20-22/h15-17,19-20H,2-14,18,21H2,1H3,(H2,24,25,26). The van der Waals surface area contributed by atoms with E-state index < -0.39 is 0 Å². The van der Waals surface area contributed by atoms with Gasteiger partial charge in [0.15, 0.2) is 0 Å². The molecule has 0 fully saturated rings. The number of unbranched alkanes of at least 4 members (excludes halogenated alkanes) is 13. The van der Waals surface area contributed by atoms with E-state index in [4.69, 9.17) is 0 Å². The molecule has 0 radical (unpaired) electrons. The maximum absolute atomic E-state index is 11.7. The zero-order valence-electron chi connectivity index (χ0n) is 16.9. The lowest BCUT2D eigenvalue weighted by Crippen LogP contribution is -2.29. The fourth-order valence-corrected chi connectivity index (χ4v) is 3.22. The molecule has 3 heteroatoms. The first-order valence-corrected chi connectivity index (χ1v) is 10.9. The minimum Gasteiger partial charge on any atom is -0.338 e. The predicted molar refractivity (Wildman–Crippen MR) is 114 cm³/mol. The number of hydrogen-bond acceptors (Lipinski definition) is 1. The van der Waals surface area contributed by atoms with Gasteiger partial charge in [-0.15, -0.1) is 0 Å². The van der Waals surface area contributed by atoms with Gasteiger partial charge in [0.1, 0.15) is 0 Å². The molecule has 148 valence electrons. The van der Waals surface area contributed by atoms with Crippen LogP contribution in [-0.2, 0) is 0 Å². The molecular weight excluding hydrogens is 320 g/mol. The van der Waals surface area contributed by atoms with Gasteiger partial charge in [0.05, 0.1) is 0 Å². The first-order valence-electron chi connectivity index (χ1n) is 10.9. The molecule has 3 nitrogen and oxygen atoms in total. The fourth-order valence-electron chi connectivity index (χ4n) is 3.22. The van der Waals surface area contributed by atoms with E-state index in [1.54, 1.807) is 0 Å². The van der Waals surface area contributed by atoms with Crippen LogP contribution in [-0.4, -0.2) is 12.6 Å². The SMILES string of the molecule is CCCCCCCCCCCCCCCCNC(=O)Nc1ccccc1. The van der Waals surface area contributed by atoms with Gasteiger partial charge in [0.25, 0.3) is 0 Å². The van der Waals surface area contributed by atoms with Crippen molar-refractivity contribution in [3.63, 3.8) is 0 Å². The van der Waals surface area contributed by atoms with Gasteiger partial charge >= 0.3 is 6.03 Å². The fraction of sp³-hybridized carbons (Fsp3) is 0.696. The topological polar surface area (TPSA) is 41.1 Å². The largest absolute Gasteiger partial charge is 0.338 e. The lowest BCUT2D eigenvalue weighted by atomic mass is 10.0. The Bertz CT molecular complexity index is 433. The number of nitrogens with one attached hydrogen (secondary N) is 2. The Hall–Kier alpha value is -1.51. The minimum atomic E-state index is -0.106. The molecule has 0 aliphatic rings. The monoisotopic (exact) mass is 360 g/mol. The summed E-state index contributed by atoms with van der Waals surface area (Å²) in [6.07, 6.45) is 19.0. The van der Waals surface area contributed by atoms with E-state index >= 15 is 0 Å². The van der Waals surface area contributed by atoms with Crippen molar-refractivity contribution in [2.45, 2.75) is 96.8 Å². The van der Waals surface area contributed by atoms with Crippen molar-refractivity contribution in [1.29, 1.82) is 0 Å². The molecule has 0 saturated carbocycles. The zero-order valence-corrected chi connectivity index (χ0v) is 16.9. The lowest BCUT2D eigenvalue weighted by Gasteiger charge is -2.07. The van der Waals surface area contributed by atoms with Gasteiger partial charge in [-0.1, -0.05) is 109 Å². The Balaban J connectivity index is 1.77. The summed E-state index contributed by atoms with van der Waals surface area (Å²) >= 11 is 0. The number of anilines is 1. The van der Waals surface area contributed by atoms with Crippen molar-refractivity contribution in [2.24, 2.45) is 0 Å². The van der Waals surface area contributed by atoms with Crippen molar-refractivity contribution >= 4 is 11.7 Å². The number of carbonyl (C=O) groups excluding carboxylic acids is 1. The molecule has 0 unspecified atom stereocenters. The van der Waals surface area contributed by atoms with Crippen molar-refractivity contribution in [1.82, 2.24) is 5.32 Å². The highest BCUT2D eigenvalue weighted by atomic mass is 16.2. The average Bonchev–Trinajstić information content (AvgIpc) is 2.65. The van der Waals surface area contributed by atoms with E-state index in [1.807, 2.05) is 30.3 Å². The van der Waals surface area contributed by atoms with Crippen LogP contribution in [0.1, 0.15) is 96.8 Å². The molecule has 0 aromatic heterocycles. The molecule has 0 heterocycles. The Morgan fingerprint density at radius 2 is 1.15 bits per heavy atom. The zero-order chi connectivity index (χ0) is 18.7. The number of hydrogen-bond donors (Lipinski definition) is 2. The molecule has 1 aromatic rings. The first kappa shape index (κ1) is 22.5. The minimum absolute atomic E-state index is 0.106. The van der Waals surface area contributed by atoms with Crippen LogP contribution >= 0.6 is 0 Å². The summed E-state index contributed by atoms with van der Waals surface area (Å²) in [5.74, 6) is 0. The third kappa shape index (κ3) is 13.7. The molecule has 1 aromatic carbocycles. The van der Waals surface area contributed by atoms with Crippen LogP contribution in [0, 0.1) is 0 Å². The van der Waals surface area contributed by atoms with Crippen molar-refractivity contribution in [2.75, 3.05) is 11.9 Å². The second kappa shape index (κ2) is 16.9. The third-order valence-electron chi connectivity index (χ3n) is 4.85. The van der Waals surface area contributed by atoms with E-state index in [0.717, 1.165) is 18.7 Å². The summed E-state index contributed by atoms with van der Waals surface area (Å²) in [5.41, 5.74) is 0.839. The second-order valence-electron chi connectivity index (χ2n) is 7.34. The predicted octanol–water partition coefficient (Wildman–Crippen LogP) is 7.29. The first-order chi connectivity index (χ1) is 12.8. The summed E-state index contributed by atoms with van der Waals surface area (Å²) < 4.78 is 0. The van der Waals surface area contributed by atoms with Crippen LogP contribution < -0.4 is 10.6 Å². The van der Waals surface area contributed by atoms with Crippen LogP contribution in [0.4, 0.5) is 10.5 Å². The summed E-state index contributed by atoms with van der Waals surface area (Å²) in [6.45, 7) is 3.04. The number of rotatable bonds is 16. The van der Waals surface area contributed by atoms with E-state index in [2.05, 4.69) is 17.6 Å². The number of benzene rings is 1. The normalized spacial score (nSPS) is 10.7. The molecule has 0 bridgehead atoms. The summed E-state index contributed by atoms with van der Waals surface area (Å²) in [5, 5.41) is 5.77. The van der Waals surface area contributed by atoms with Crippen molar-refractivity contribution in [3.8, 4) is 0 Å². The summed E-state index contributed by atoms with van der Waals surface area (Å²) in [4.78, 5) is 11.7. The van der Waals surface area contributed by atoms with Gasteiger partial charge in [-0.05, 0) is 18.6 Å². The van der Waals surface area contributed by atoms with Crippen LogP contribution in [0.5, 0.6) is 0 Å². The highest BCUT2D eigenvalue weighted by molar-refractivity contribution is 5.89. The molecule has 2 amide bonds. The van der Waals surface area contributed by atoms with Gasteiger partial charge in [0.2, 0.25) is 0 Å². The van der Waals surface area contributed by atoms with Gasteiger partial charge in [-0.2, -0.15) is 0 Å². The highest BCUT2D eigenvalue weighted by Crippen LogP contribution is 2.12. The number of urea groups is 1. The molecule has 0 atom stereocenters. The molecule has 0 saturated heterocycles. The van der Waals surface area contributed by atoms with Gasteiger partial charge in [-0.25, -0.2) is 4.79 Å². The number of amides is 2. The lowest BCUT2D eigenvalue weighted by molar-refractivity contribution is 0.252. The molecule has 2 N–H and O–H groups in total. The number of carbonyl (C=O) groups is 1. The molecule has 0 spiro atoms. The quantitative estimate of drug-likeness (QED) is 0.299. The maximum Gasteiger partial charge on any atom is 0.319 e. The van der Waals surface area contributed by atoms with E-state index in [1.165, 1.54) is 83.5 Å². The van der Waals surface area contributed by atoms with Gasteiger partial charge < -0.3 is 10.6 Å². The van der Waals surface area contributed by atoms with E-state index in [9.17, 15) is 4.79 Å². The van der Waals surface area contributed by atoms with Crippen LogP contribution in [0.2, 0.25) is 0 Å². The Morgan fingerprint density at radius 1 is 0.692 bits per heavy atom. The summed E-state index contributed by atoms with van der Waals surface area (Å²) in [7, 11) is 0. The molecule has 0 aliphatic heterocycles. The van der Waals surface area contributed by atoms with Crippen molar-refractivity contribution < 1.29 is 4.79 Å². The van der Waals surface area contributed by atoms with Crippen LogP contribution in [0.25, 0.3) is 0 Å².